The second-order valence-electron chi connectivity index (χ2n) is 3.30. The molecule has 1 unspecified atom stereocenters. The van der Waals surface area contributed by atoms with Crippen LogP contribution in [0.3, 0.4) is 0 Å². The fourth-order valence-corrected chi connectivity index (χ4v) is 2.21. The molecule has 0 N–H and O–H groups in total. The van der Waals surface area contributed by atoms with Gasteiger partial charge in [0.1, 0.15) is 6.10 Å². The smallest absolute Gasteiger partial charge is 0.330 e. The SMILES string of the molecule is C=CC(=O)OC1CCC(S(=O)[O-])CC1. The van der Waals surface area contributed by atoms with Crippen LogP contribution in [0.4, 0.5) is 0 Å². The minimum atomic E-state index is -1.99. The van der Waals surface area contributed by atoms with Crippen LogP contribution in [0.2, 0.25) is 0 Å². The zero-order valence-corrected chi connectivity index (χ0v) is 8.63. The minimum Gasteiger partial charge on any atom is -0.772 e. The zero-order chi connectivity index (χ0) is 10.6. The molecule has 0 bridgehead atoms. The summed E-state index contributed by atoms with van der Waals surface area (Å²) in [5.41, 5.74) is 0. The van der Waals surface area contributed by atoms with Crippen molar-refractivity contribution in [1.82, 2.24) is 0 Å². The van der Waals surface area contributed by atoms with Crippen LogP contribution in [0.15, 0.2) is 12.7 Å². The number of hydrogen-bond acceptors (Lipinski definition) is 4. The summed E-state index contributed by atoms with van der Waals surface area (Å²) in [4.78, 5) is 10.8. The van der Waals surface area contributed by atoms with E-state index >= 15 is 0 Å². The van der Waals surface area contributed by atoms with Crippen LogP contribution in [0.1, 0.15) is 25.7 Å². The third kappa shape index (κ3) is 3.23. The summed E-state index contributed by atoms with van der Waals surface area (Å²) in [5.74, 6) is -0.434. The summed E-state index contributed by atoms with van der Waals surface area (Å²) in [6.45, 7) is 3.30. The van der Waals surface area contributed by atoms with Gasteiger partial charge in [0, 0.05) is 11.3 Å². The van der Waals surface area contributed by atoms with Crippen molar-refractivity contribution >= 4 is 17.0 Å². The Morgan fingerprint density at radius 3 is 2.43 bits per heavy atom. The maximum Gasteiger partial charge on any atom is 0.330 e. The molecule has 1 saturated carbocycles. The number of carbonyl (C=O) groups excluding carboxylic acids is 1. The van der Waals surface area contributed by atoms with Gasteiger partial charge in [0.25, 0.3) is 0 Å². The fourth-order valence-electron chi connectivity index (χ4n) is 1.55. The first-order valence-electron chi connectivity index (χ1n) is 4.54. The van der Waals surface area contributed by atoms with Crippen molar-refractivity contribution in [3.8, 4) is 0 Å². The highest BCUT2D eigenvalue weighted by Gasteiger charge is 2.23. The van der Waals surface area contributed by atoms with Crippen LogP contribution in [0.25, 0.3) is 0 Å². The molecule has 1 aliphatic carbocycles. The van der Waals surface area contributed by atoms with Gasteiger partial charge in [0.15, 0.2) is 0 Å². The zero-order valence-electron chi connectivity index (χ0n) is 7.81. The van der Waals surface area contributed by atoms with Crippen molar-refractivity contribution in [3.63, 3.8) is 0 Å². The Bertz CT molecular complexity index is 243. The Hall–Kier alpha value is -0.680. The Labute approximate surface area is 85.6 Å². The summed E-state index contributed by atoms with van der Waals surface area (Å²) in [5, 5.41) is -0.270. The van der Waals surface area contributed by atoms with E-state index in [-0.39, 0.29) is 11.4 Å². The van der Waals surface area contributed by atoms with Crippen molar-refractivity contribution in [3.05, 3.63) is 12.7 Å². The normalized spacial score (nSPS) is 29.2. The molecule has 0 spiro atoms. The first kappa shape index (κ1) is 11.4. The Morgan fingerprint density at radius 2 is 2.00 bits per heavy atom. The van der Waals surface area contributed by atoms with E-state index in [0.29, 0.717) is 25.7 Å². The lowest BCUT2D eigenvalue weighted by Gasteiger charge is -2.29. The predicted octanol–water partition coefficient (Wildman–Crippen LogP) is 0.906. The molecule has 80 valence electrons. The lowest BCUT2D eigenvalue weighted by atomic mass is 9.97. The topological polar surface area (TPSA) is 66.4 Å². The molecule has 0 amide bonds. The molecule has 4 nitrogen and oxygen atoms in total. The Kier molecular flexibility index (Phi) is 4.28. The predicted molar refractivity (Wildman–Crippen MR) is 51.3 cm³/mol. The van der Waals surface area contributed by atoms with E-state index < -0.39 is 17.0 Å². The van der Waals surface area contributed by atoms with Gasteiger partial charge in [0.05, 0.1) is 0 Å². The molecule has 14 heavy (non-hydrogen) atoms. The number of ether oxygens (including phenoxy) is 1. The number of esters is 1. The minimum absolute atomic E-state index is 0.139. The Balaban J connectivity index is 2.32. The maximum atomic E-state index is 10.8. The molecule has 0 aromatic carbocycles. The van der Waals surface area contributed by atoms with Crippen molar-refractivity contribution in [2.75, 3.05) is 0 Å². The molecule has 1 fully saturated rings. The molecule has 0 aromatic rings. The molecular weight excluding hydrogens is 204 g/mol. The van der Waals surface area contributed by atoms with Gasteiger partial charge in [-0.3, -0.25) is 4.21 Å². The summed E-state index contributed by atoms with van der Waals surface area (Å²) in [6.07, 6.45) is 3.38. The summed E-state index contributed by atoms with van der Waals surface area (Å²) in [6, 6.07) is 0. The van der Waals surface area contributed by atoms with Crippen molar-refractivity contribution in [2.24, 2.45) is 0 Å². The highest BCUT2D eigenvalue weighted by atomic mass is 32.2. The van der Waals surface area contributed by atoms with Crippen LogP contribution < -0.4 is 0 Å². The molecule has 0 radical (unpaired) electrons. The van der Waals surface area contributed by atoms with E-state index in [0.717, 1.165) is 6.08 Å². The van der Waals surface area contributed by atoms with Gasteiger partial charge in [-0.1, -0.05) is 17.7 Å². The highest BCUT2D eigenvalue weighted by molar-refractivity contribution is 7.79. The van der Waals surface area contributed by atoms with Gasteiger partial charge in [-0.2, -0.15) is 0 Å². The van der Waals surface area contributed by atoms with Crippen molar-refractivity contribution in [2.45, 2.75) is 37.0 Å². The van der Waals surface area contributed by atoms with E-state index in [4.69, 9.17) is 4.74 Å². The van der Waals surface area contributed by atoms with Gasteiger partial charge < -0.3 is 9.29 Å². The first-order chi connectivity index (χ1) is 6.63. The van der Waals surface area contributed by atoms with Crippen LogP contribution >= 0.6 is 0 Å². The van der Waals surface area contributed by atoms with E-state index in [9.17, 15) is 13.6 Å². The van der Waals surface area contributed by atoms with E-state index in [1.807, 2.05) is 0 Å². The van der Waals surface area contributed by atoms with Gasteiger partial charge in [-0.25, -0.2) is 4.79 Å². The quantitative estimate of drug-likeness (QED) is 0.400. The lowest BCUT2D eigenvalue weighted by Crippen LogP contribution is -2.28. The lowest BCUT2D eigenvalue weighted by molar-refractivity contribution is -0.144. The van der Waals surface area contributed by atoms with Gasteiger partial charge in [-0.15, -0.1) is 0 Å². The fraction of sp³-hybridized carbons (Fsp3) is 0.667. The van der Waals surface area contributed by atoms with Crippen LogP contribution in [-0.2, 0) is 20.6 Å². The third-order valence-electron chi connectivity index (χ3n) is 2.34. The summed E-state index contributed by atoms with van der Waals surface area (Å²) >= 11 is -1.99. The third-order valence-corrected chi connectivity index (χ3v) is 3.36. The van der Waals surface area contributed by atoms with Crippen LogP contribution in [-0.4, -0.2) is 26.1 Å². The number of carbonyl (C=O) groups is 1. The average molecular weight is 217 g/mol. The standard InChI is InChI=1S/C9H14O4S/c1-2-9(10)13-7-3-5-8(6-4-7)14(11)12/h2,7-8H,1,3-6H2,(H,11,12)/p-1. The van der Waals surface area contributed by atoms with Crippen molar-refractivity contribution in [1.29, 1.82) is 0 Å². The van der Waals surface area contributed by atoms with Gasteiger partial charge >= 0.3 is 5.97 Å². The monoisotopic (exact) mass is 217 g/mol. The van der Waals surface area contributed by atoms with E-state index in [1.54, 1.807) is 0 Å². The van der Waals surface area contributed by atoms with Gasteiger partial charge in [0.2, 0.25) is 0 Å². The Morgan fingerprint density at radius 1 is 1.43 bits per heavy atom. The highest BCUT2D eigenvalue weighted by Crippen LogP contribution is 2.24. The summed E-state index contributed by atoms with van der Waals surface area (Å²) in [7, 11) is 0. The number of rotatable bonds is 3. The molecular formula is C9H13O4S-. The van der Waals surface area contributed by atoms with E-state index in [1.165, 1.54) is 0 Å². The summed E-state index contributed by atoms with van der Waals surface area (Å²) < 4.78 is 26.2. The molecule has 0 aromatic heterocycles. The molecule has 1 aliphatic rings. The van der Waals surface area contributed by atoms with Gasteiger partial charge in [-0.05, 0) is 25.7 Å². The average Bonchev–Trinajstić information content (AvgIpc) is 2.18. The molecule has 1 rings (SSSR count). The molecule has 0 aliphatic heterocycles. The van der Waals surface area contributed by atoms with Crippen LogP contribution in [0.5, 0.6) is 0 Å². The molecule has 1 atom stereocenters. The first-order valence-corrected chi connectivity index (χ1v) is 5.68. The number of hydrogen-bond donors (Lipinski definition) is 0. The second-order valence-corrected chi connectivity index (χ2v) is 4.49. The maximum absolute atomic E-state index is 10.8. The molecule has 5 heteroatoms. The van der Waals surface area contributed by atoms with E-state index in [2.05, 4.69) is 6.58 Å². The molecule has 0 saturated heterocycles. The van der Waals surface area contributed by atoms with Crippen LogP contribution in [0, 0.1) is 0 Å². The molecule has 0 heterocycles. The van der Waals surface area contributed by atoms with Crippen molar-refractivity contribution < 1.29 is 18.3 Å². The second kappa shape index (κ2) is 5.26. The largest absolute Gasteiger partial charge is 0.772 e.